The second kappa shape index (κ2) is 8.62. The summed E-state index contributed by atoms with van der Waals surface area (Å²) in [5.74, 6) is 0.541. The monoisotopic (exact) mass is 350 g/mol. The van der Waals surface area contributed by atoms with E-state index in [2.05, 4.69) is 15.3 Å². The van der Waals surface area contributed by atoms with Crippen LogP contribution < -0.4 is 19.6 Å². The molecule has 0 heterocycles. The van der Waals surface area contributed by atoms with E-state index in [-0.39, 0.29) is 5.75 Å². The topological polar surface area (TPSA) is 69.2 Å². The van der Waals surface area contributed by atoms with Crippen LogP contribution in [-0.4, -0.2) is 33.0 Å². The van der Waals surface area contributed by atoms with E-state index < -0.39 is 12.5 Å². The van der Waals surface area contributed by atoms with Crippen molar-refractivity contribution in [3.8, 4) is 17.2 Å². The number of ether oxygens (including phenoxy) is 3. The van der Waals surface area contributed by atoms with E-state index in [0.717, 1.165) is 0 Å². The highest BCUT2D eigenvalue weighted by Gasteiger charge is 2.10. The molecule has 25 heavy (non-hydrogen) atoms. The van der Waals surface area contributed by atoms with Gasteiger partial charge in [0.1, 0.15) is 5.75 Å². The minimum Gasteiger partial charge on any atom is -0.493 e. The van der Waals surface area contributed by atoms with Crippen molar-refractivity contribution in [2.45, 2.75) is 6.61 Å². The van der Waals surface area contributed by atoms with Crippen LogP contribution in [0.25, 0.3) is 0 Å². The zero-order chi connectivity index (χ0) is 18.2. The third-order valence-corrected chi connectivity index (χ3v) is 3.13. The predicted molar refractivity (Wildman–Crippen MR) is 87.7 cm³/mol. The summed E-state index contributed by atoms with van der Waals surface area (Å²) in [6.07, 6.45) is 1.38. The van der Waals surface area contributed by atoms with Gasteiger partial charge < -0.3 is 14.2 Å². The van der Waals surface area contributed by atoms with Crippen LogP contribution in [0.1, 0.15) is 15.9 Å². The summed E-state index contributed by atoms with van der Waals surface area (Å²) < 4.78 is 38.6. The SMILES string of the molecule is COc1ccc(C(=O)N/N=C\c2ccc(OC(F)F)cc2)cc1OC. The molecule has 0 aliphatic heterocycles. The number of hydrogen-bond acceptors (Lipinski definition) is 5. The van der Waals surface area contributed by atoms with Gasteiger partial charge in [-0.05, 0) is 48.0 Å². The van der Waals surface area contributed by atoms with E-state index in [9.17, 15) is 13.6 Å². The number of hydrazone groups is 1. The van der Waals surface area contributed by atoms with E-state index in [1.54, 1.807) is 12.1 Å². The van der Waals surface area contributed by atoms with E-state index in [1.807, 2.05) is 0 Å². The van der Waals surface area contributed by atoms with Crippen LogP contribution in [0, 0.1) is 0 Å². The molecule has 0 fully saturated rings. The Balaban J connectivity index is 1.98. The second-order valence-electron chi connectivity index (χ2n) is 4.72. The van der Waals surface area contributed by atoms with Gasteiger partial charge in [-0.3, -0.25) is 4.79 Å². The lowest BCUT2D eigenvalue weighted by Gasteiger charge is -2.08. The van der Waals surface area contributed by atoms with Gasteiger partial charge in [-0.1, -0.05) is 0 Å². The lowest BCUT2D eigenvalue weighted by Crippen LogP contribution is -2.17. The number of benzene rings is 2. The lowest BCUT2D eigenvalue weighted by atomic mass is 10.2. The standard InChI is InChI=1S/C17H16F2N2O4/c1-23-14-8-5-12(9-15(14)24-2)16(22)21-20-10-11-3-6-13(7-4-11)25-17(18)19/h3-10,17H,1-2H3,(H,21,22)/b20-10-. The Bertz CT molecular complexity index is 749. The van der Waals surface area contributed by atoms with Crippen LogP contribution in [0.5, 0.6) is 17.2 Å². The number of halogens is 2. The Morgan fingerprint density at radius 1 is 1.08 bits per heavy atom. The highest BCUT2D eigenvalue weighted by Crippen LogP contribution is 2.27. The zero-order valence-corrected chi connectivity index (χ0v) is 13.5. The van der Waals surface area contributed by atoms with Gasteiger partial charge >= 0.3 is 6.61 Å². The maximum atomic E-state index is 12.1. The summed E-state index contributed by atoms with van der Waals surface area (Å²) in [6, 6.07) is 10.5. The number of alkyl halides is 2. The number of nitrogens with one attached hydrogen (secondary N) is 1. The molecule has 132 valence electrons. The molecule has 0 radical (unpaired) electrons. The third-order valence-electron chi connectivity index (χ3n) is 3.13. The van der Waals surface area contributed by atoms with Gasteiger partial charge in [0.2, 0.25) is 0 Å². The minimum absolute atomic E-state index is 0.0431. The Morgan fingerprint density at radius 3 is 2.36 bits per heavy atom. The summed E-state index contributed by atoms with van der Waals surface area (Å²) in [6.45, 7) is -2.87. The fourth-order valence-corrected chi connectivity index (χ4v) is 1.94. The Kier molecular flexibility index (Phi) is 6.27. The molecule has 0 aromatic heterocycles. The third kappa shape index (κ3) is 5.17. The molecule has 0 bridgehead atoms. The van der Waals surface area contributed by atoms with Crippen LogP contribution in [0.15, 0.2) is 47.6 Å². The van der Waals surface area contributed by atoms with Crippen molar-refractivity contribution in [1.29, 1.82) is 0 Å². The van der Waals surface area contributed by atoms with Gasteiger partial charge in [-0.25, -0.2) is 5.43 Å². The fourth-order valence-electron chi connectivity index (χ4n) is 1.94. The zero-order valence-electron chi connectivity index (χ0n) is 13.5. The van der Waals surface area contributed by atoms with Crippen LogP contribution >= 0.6 is 0 Å². The minimum atomic E-state index is -2.87. The highest BCUT2D eigenvalue weighted by atomic mass is 19.3. The lowest BCUT2D eigenvalue weighted by molar-refractivity contribution is -0.0498. The van der Waals surface area contributed by atoms with Crippen LogP contribution in [0.4, 0.5) is 8.78 Å². The molecule has 0 aliphatic carbocycles. The Morgan fingerprint density at radius 2 is 1.76 bits per heavy atom. The first-order valence-corrected chi connectivity index (χ1v) is 7.14. The van der Waals surface area contributed by atoms with E-state index in [1.165, 1.54) is 50.8 Å². The number of hydrogen-bond donors (Lipinski definition) is 1. The van der Waals surface area contributed by atoms with Gasteiger partial charge in [0.25, 0.3) is 5.91 Å². The van der Waals surface area contributed by atoms with Crippen LogP contribution in [0.3, 0.4) is 0 Å². The van der Waals surface area contributed by atoms with Crippen molar-refractivity contribution in [2.75, 3.05) is 14.2 Å². The van der Waals surface area contributed by atoms with E-state index in [4.69, 9.17) is 9.47 Å². The predicted octanol–water partition coefficient (Wildman–Crippen LogP) is 3.07. The molecule has 0 spiro atoms. The molecule has 0 saturated heterocycles. The maximum absolute atomic E-state index is 12.1. The molecule has 1 amide bonds. The molecule has 0 unspecified atom stereocenters. The number of rotatable bonds is 7. The number of nitrogens with zero attached hydrogens (tertiary/aromatic N) is 1. The first-order valence-electron chi connectivity index (χ1n) is 7.14. The van der Waals surface area contributed by atoms with Crippen LogP contribution in [-0.2, 0) is 0 Å². The van der Waals surface area contributed by atoms with Crippen molar-refractivity contribution in [3.05, 3.63) is 53.6 Å². The smallest absolute Gasteiger partial charge is 0.387 e. The van der Waals surface area contributed by atoms with Gasteiger partial charge in [-0.2, -0.15) is 13.9 Å². The van der Waals surface area contributed by atoms with Crippen molar-refractivity contribution >= 4 is 12.1 Å². The molecular weight excluding hydrogens is 334 g/mol. The molecule has 8 heteroatoms. The molecule has 2 aromatic rings. The van der Waals surface area contributed by atoms with Gasteiger partial charge in [0.15, 0.2) is 11.5 Å². The highest BCUT2D eigenvalue weighted by molar-refractivity contribution is 5.95. The molecule has 2 aromatic carbocycles. The largest absolute Gasteiger partial charge is 0.493 e. The van der Waals surface area contributed by atoms with Crippen molar-refractivity contribution in [3.63, 3.8) is 0 Å². The average molecular weight is 350 g/mol. The van der Waals surface area contributed by atoms with Gasteiger partial charge in [-0.15, -0.1) is 0 Å². The van der Waals surface area contributed by atoms with Crippen LogP contribution in [0.2, 0.25) is 0 Å². The quantitative estimate of drug-likeness (QED) is 0.615. The Hall–Kier alpha value is -3.16. The number of methoxy groups -OCH3 is 2. The molecule has 0 atom stereocenters. The normalized spacial score (nSPS) is 10.8. The summed E-state index contributed by atoms with van der Waals surface area (Å²) >= 11 is 0. The van der Waals surface area contributed by atoms with Crippen molar-refractivity contribution in [2.24, 2.45) is 5.10 Å². The van der Waals surface area contributed by atoms with Crippen molar-refractivity contribution in [1.82, 2.24) is 5.43 Å². The molecule has 6 nitrogen and oxygen atoms in total. The first kappa shape index (κ1) is 18.2. The molecule has 1 N–H and O–H groups in total. The molecular formula is C17H16F2N2O4. The van der Waals surface area contributed by atoms with Crippen molar-refractivity contribution < 1.29 is 27.8 Å². The second-order valence-corrected chi connectivity index (χ2v) is 4.72. The number of amides is 1. The summed E-state index contributed by atoms with van der Waals surface area (Å²) in [4.78, 5) is 12.1. The average Bonchev–Trinajstić information content (AvgIpc) is 2.62. The fraction of sp³-hybridized carbons (Fsp3) is 0.176. The summed E-state index contributed by atoms with van der Waals surface area (Å²) in [5, 5.41) is 3.82. The molecule has 0 aliphatic rings. The first-order chi connectivity index (χ1) is 12.0. The summed E-state index contributed by atoms with van der Waals surface area (Å²) in [7, 11) is 2.97. The molecule has 2 rings (SSSR count). The van der Waals surface area contributed by atoms with E-state index >= 15 is 0 Å². The number of carbonyl (C=O) groups excluding carboxylic acids is 1. The number of carbonyl (C=O) groups is 1. The maximum Gasteiger partial charge on any atom is 0.387 e. The summed E-state index contributed by atoms with van der Waals surface area (Å²) in [5.41, 5.74) is 3.31. The van der Waals surface area contributed by atoms with Gasteiger partial charge in [0, 0.05) is 5.56 Å². The Labute approximate surface area is 143 Å². The van der Waals surface area contributed by atoms with Gasteiger partial charge in [0.05, 0.1) is 20.4 Å². The van der Waals surface area contributed by atoms with E-state index in [0.29, 0.717) is 22.6 Å². The molecule has 0 saturated carbocycles.